The van der Waals surface area contributed by atoms with Crippen LogP contribution in [0, 0.1) is 6.92 Å². The lowest BCUT2D eigenvalue weighted by Gasteiger charge is -2.16. The lowest BCUT2D eigenvalue weighted by Crippen LogP contribution is -2.38. The number of carbonyl (C=O) groups excluding carboxylic acids is 1. The fraction of sp³-hybridized carbons (Fsp3) is 0.522. The normalized spacial score (nSPS) is 12.5. The molecule has 0 fully saturated rings. The number of hydrogen-bond donors (Lipinski definition) is 2. The van der Waals surface area contributed by atoms with Crippen LogP contribution in [0.3, 0.4) is 0 Å². The number of thiazole rings is 1. The van der Waals surface area contributed by atoms with Crippen LogP contribution in [0.25, 0.3) is 0 Å². The first kappa shape index (κ1) is 24.8. The molecule has 8 heteroatoms. The number of ether oxygens (including phenoxy) is 2. The van der Waals surface area contributed by atoms with E-state index in [0.717, 1.165) is 37.0 Å². The van der Waals surface area contributed by atoms with Crippen LogP contribution in [0.5, 0.6) is 0 Å². The Hall–Kier alpha value is -2.45. The summed E-state index contributed by atoms with van der Waals surface area (Å²) in [6.45, 7) is 10.8. The number of nitrogens with zero attached hydrogens (tertiary/aromatic N) is 2. The molecule has 1 aromatic heterocycles. The summed E-state index contributed by atoms with van der Waals surface area (Å²) in [5, 5.41) is 7.45. The van der Waals surface area contributed by atoms with Crippen LogP contribution >= 0.6 is 11.3 Å². The molecule has 2 aromatic rings. The molecule has 2 rings (SSSR count). The summed E-state index contributed by atoms with van der Waals surface area (Å²) in [4.78, 5) is 21.8. The molecule has 7 nitrogen and oxygen atoms in total. The average Bonchev–Trinajstić information content (AvgIpc) is 3.16. The number of nitrogens with one attached hydrogen (secondary N) is 2. The van der Waals surface area contributed by atoms with Crippen molar-refractivity contribution in [3.8, 4) is 0 Å². The maximum Gasteiger partial charge on any atom is 0.350 e. The van der Waals surface area contributed by atoms with Crippen molar-refractivity contribution in [3.63, 3.8) is 0 Å². The van der Waals surface area contributed by atoms with Gasteiger partial charge >= 0.3 is 5.97 Å². The fourth-order valence-corrected chi connectivity index (χ4v) is 3.83. The highest BCUT2D eigenvalue weighted by Gasteiger charge is 2.20. The summed E-state index contributed by atoms with van der Waals surface area (Å²) < 4.78 is 10.8. The van der Waals surface area contributed by atoms with E-state index in [4.69, 9.17) is 9.47 Å². The fourth-order valence-electron chi connectivity index (χ4n) is 2.87. The van der Waals surface area contributed by atoms with E-state index < -0.39 is 0 Å². The van der Waals surface area contributed by atoms with E-state index >= 15 is 0 Å². The van der Waals surface area contributed by atoms with Crippen molar-refractivity contribution < 1.29 is 14.3 Å². The average molecular weight is 447 g/mol. The number of rotatable bonds is 12. The second kappa shape index (κ2) is 13.8. The number of benzene rings is 1. The van der Waals surface area contributed by atoms with Crippen molar-refractivity contribution in [1.82, 2.24) is 15.6 Å². The van der Waals surface area contributed by atoms with Crippen LogP contribution in [0.15, 0.2) is 35.3 Å². The van der Waals surface area contributed by atoms with E-state index in [0.29, 0.717) is 30.3 Å². The lowest BCUT2D eigenvalue weighted by molar-refractivity contribution is 0.0531. The second-order valence-electron chi connectivity index (χ2n) is 7.02. The van der Waals surface area contributed by atoms with E-state index in [-0.39, 0.29) is 12.0 Å². The molecule has 1 atom stereocenters. The van der Waals surface area contributed by atoms with Gasteiger partial charge in [0.15, 0.2) is 5.96 Å². The van der Waals surface area contributed by atoms with E-state index in [1.807, 2.05) is 39.0 Å². The number of carbonyl (C=O) groups is 1. The maximum absolute atomic E-state index is 12.0. The Morgan fingerprint density at radius 2 is 2.00 bits per heavy atom. The first-order valence-electron chi connectivity index (χ1n) is 10.9. The molecule has 1 heterocycles. The standard InChI is InChI=1S/C23H34N4O3S/c1-5-24-23(25-14-10-15-29-16-13-19-11-8-7-9-12-19)27-18(4)21-26-17(3)20(31-21)22(28)30-6-2/h7-9,11-12,18H,5-6,10,13-16H2,1-4H3,(H2,24,25,27). The van der Waals surface area contributed by atoms with Gasteiger partial charge in [0.25, 0.3) is 0 Å². The van der Waals surface area contributed by atoms with E-state index in [2.05, 4.69) is 32.7 Å². The van der Waals surface area contributed by atoms with Crippen LogP contribution in [0.1, 0.15) is 59.2 Å². The molecule has 0 saturated heterocycles. The molecule has 31 heavy (non-hydrogen) atoms. The minimum absolute atomic E-state index is 0.0770. The Bertz CT molecular complexity index is 823. The minimum atomic E-state index is -0.316. The molecule has 1 unspecified atom stereocenters. The van der Waals surface area contributed by atoms with Gasteiger partial charge in [0.05, 0.1) is 24.9 Å². The summed E-state index contributed by atoms with van der Waals surface area (Å²) in [6, 6.07) is 10.3. The van der Waals surface area contributed by atoms with Crippen molar-refractivity contribution in [2.75, 3.05) is 32.9 Å². The SMILES string of the molecule is CCNC(=NCCCOCCc1ccccc1)NC(C)c1nc(C)c(C(=O)OCC)s1. The van der Waals surface area contributed by atoms with Crippen molar-refractivity contribution in [1.29, 1.82) is 0 Å². The van der Waals surface area contributed by atoms with Gasteiger partial charge < -0.3 is 20.1 Å². The number of hydrogen-bond acceptors (Lipinski definition) is 6. The van der Waals surface area contributed by atoms with Gasteiger partial charge in [-0.15, -0.1) is 11.3 Å². The van der Waals surface area contributed by atoms with Crippen molar-refractivity contribution >= 4 is 23.3 Å². The van der Waals surface area contributed by atoms with Gasteiger partial charge in [-0.25, -0.2) is 9.78 Å². The maximum atomic E-state index is 12.0. The van der Waals surface area contributed by atoms with Gasteiger partial charge in [-0.3, -0.25) is 4.99 Å². The zero-order valence-corrected chi connectivity index (χ0v) is 19.8. The number of aryl methyl sites for hydroxylation is 1. The quantitative estimate of drug-likeness (QED) is 0.223. The highest BCUT2D eigenvalue weighted by atomic mass is 32.1. The topological polar surface area (TPSA) is 84.8 Å². The van der Waals surface area contributed by atoms with Crippen LogP contribution in [-0.2, 0) is 15.9 Å². The summed E-state index contributed by atoms with van der Waals surface area (Å²) in [7, 11) is 0. The first-order valence-corrected chi connectivity index (χ1v) is 11.7. The highest BCUT2D eigenvalue weighted by Crippen LogP contribution is 2.24. The molecular formula is C23H34N4O3S. The second-order valence-corrected chi connectivity index (χ2v) is 8.05. The summed E-state index contributed by atoms with van der Waals surface area (Å²) in [6.07, 6.45) is 1.77. The smallest absolute Gasteiger partial charge is 0.350 e. The van der Waals surface area contributed by atoms with Crippen LogP contribution in [0.4, 0.5) is 0 Å². The molecule has 1 aromatic carbocycles. The minimum Gasteiger partial charge on any atom is -0.462 e. The third-order valence-electron chi connectivity index (χ3n) is 4.44. The molecule has 0 saturated carbocycles. The van der Waals surface area contributed by atoms with Gasteiger partial charge in [-0.2, -0.15) is 0 Å². The molecule has 0 amide bonds. The molecule has 0 bridgehead atoms. The summed E-state index contributed by atoms with van der Waals surface area (Å²) >= 11 is 1.36. The van der Waals surface area contributed by atoms with Crippen LogP contribution in [0.2, 0.25) is 0 Å². The molecule has 170 valence electrons. The Morgan fingerprint density at radius 1 is 1.23 bits per heavy atom. The number of aromatic nitrogens is 1. The van der Waals surface area contributed by atoms with Gasteiger partial charge in [0.1, 0.15) is 9.88 Å². The third kappa shape index (κ3) is 8.67. The number of esters is 1. The number of guanidine groups is 1. The Morgan fingerprint density at radius 3 is 2.71 bits per heavy atom. The summed E-state index contributed by atoms with van der Waals surface area (Å²) in [5.41, 5.74) is 1.98. The third-order valence-corrected chi connectivity index (χ3v) is 5.76. The summed E-state index contributed by atoms with van der Waals surface area (Å²) in [5.74, 6) is 0.411. The molecule has 0 spiro atoms. The van der Waals surface area contributed by atoms with E-state index in [1.54, 1.807) is 6.92 Å². The van der Waals surface area contributed by atoms with Gasteiger partial charge in [-0.1, -0.05) is 30.3 Å². The Labute approximate surface area is 189 Å². The highest BCUT2D eigenvalue weighted by molar-refractivity contribution is 7.13. The van der Waals surface area contributed by atoms with Gasteiger partial charge in [0.2, 0.25) is 0 Å². The zero-order chi connectivity index (χ0) is 22.5. The number of aliphatic imine (C=N–C) groups is 1. The molecule has 0 aliphatic rings. The molecule has 0 radical (unpaired) electrons. The van der Waals surface area contributed by atoms with E-state index in [9.17, 15) is 4.79 Å². The monoisotopic (exact) mass is 446 g/mol. The predicted molar refractivity (Wildman–Crippen MR) is 126 cm³/mol. The molecule has 0 aliphatic carbocycles. The first-order chi connectivity index (χ1) is 15.0. The van der Waals surface area contributed by atoms with Gasteiger partial charge in [0, 0.05) is 19.7 Å². The van der Waals surface area contributed by atoms with Crippen LogP contribution < -0.4 is 10.6 Å². The Balaban J connectivity index is 1.78. The van der Waals surface area contributed by atoms with E-state index in [1.165, 1.54) is 16.9 Å². The predicted octanol–water partition coefficient (Wildman–Crippen LogP) is 3.89. The molecular weight excluding hydrogens is 412 g/mol. The largest absolute Gasteiger partial charge is 0.462 e. The molecule has 0 aliphatic heterocycles. The molecule has 2 N–H and O–H groups in total. The van der Waals surface area contributed by atoms with Crippen molar-refractivity contribution in [2.24, 2.45) is 4.99 Å². The van der Waals surface area contributed by atoms with Gasteiger partial charge in [-0.05, 0) is 46.1 Å². The Kier molecular flexibility index (Phi) is 11.0. The van der Waals surface area contributed by atoms with Crippen LogP contribution in [-0.4, -0.2) is 49.8 Å². The van der Waals surface area contributed by atoms with Crippen molar-refractivity contribution in [3.05, 3.63) is 51.5 Å². The van der Waals surface area contributed by atoms with Crippen molar-refractivity contribution in [2.45, 2.75) is 46.6 Å². The lowest BCUT2D eigenvalue weighted by atomic mass is 10.2. The zero-order valence-electron chi connectivity index (χ0n) is 18.9.